The van der Waals surface area contributed by atoms with E-state index in [2.05, 4.69) is 81.5 Å². The molecule has 0 aromatic rings. The highest BCUT2D eigenvalue weighted by Gasteiger charge is 2.28. The van der Waals surface area contributed by atoms with E-state index < -0.39 is 57.8 Å². The Morgan fingerprint density at radius 3 is 1.36 bits per heavy atom. The van der Waals surface area contributed by atoms with Crippen molar-refractivity contribution in [1.82, 2.24) is 0 Å². The van der Waals surface area contributed by atoms with Crippen LogP contribution < -0.4 is 0 Å². The Bertz CT molecular complexity index is 1430. The molecule has 0 rings (SSSR count). The Hall–Kier alpha value is -3.34. The number of aliphatic hydroxyl groups is 1. The summed E-state index contributed by atoms with van der Waals surface area (Å²) in [7, 11) is -4.77. The molecule has 0 bridgehead atoms. The number of unbranched alkanes of at least 4 members (excludes halogenated alkanes) is 16. The molecule has 0 amide bonds. The van der Waals surface area contributed by atoms with E-state index in [1.165, 1.54) is 51.4 Å². The second-order valence-electron chi connectivity index (χ2n) is 16.6. The van der Waals surface area contributed by atoms with Gasteiger partial charge in [-0.1, -0.05) is 189 Å². The van der Waals surface area contributed by atoms with Gasteiger partial charge in [-0.3, -0.25) is 23.4 Å². The summed E-state index contributed by atoms with van der Waals surface area (Å²) >= 11 is 0. The van der Waals surface area contributed by atoms with E-state index in [1.807, 2.05) is 18.2 Å². The molecular formula is C54H91O11P. The number of allylic oxidation sites excluding steroid dienone is 13. The first-order chi connectivity index (χ1) is 32.2. The van der Waals surface area contributed by atoms with Crippen LogP contribution in [0.5, 0.6) is 0 Å². The number of hydrogen-bond donors (Lipinski definition) is 2. The molecule has 66 heavy (non-hydrogen) atoms. The third-order valence-corrected chi connectivity index (χ3v) is 11.3. The number of rotatable bonds is 46. The molecule has 0 aliphatic heterocycles. The van der Waals surface area contributed by atoms with Gasteiger partial charge in [0.2, 0.25) is 0 Å². The van der Waals surface area contributed by atoms with Gasteiger partial charge in [0, 0.05) is 12.8 Å². The predicted molar refractivity (Wildman–Crippen MR) is 270 cm³/mol. The minimum Gasteiger partial charge on any atom is -0.462 e. The Morgan fingerprint density at radius 1 is 0.455 bits per heavy atom. The van der Waals surface area contributed by atoms with Crippen LogP contribution in [0.1, 0.15) is 201 Å². The molecule has 0 fully saturated rings. The maximum absolute atomic E-state index is 12.8. The van der Waals surface area contributed by atoms with Gasteiger partial charge in [0.05, 0.1) is 26.2 Å². The largest absolute Gasteiger partial charge is 0.472 e. The minimum absolute atomic E-state index is 0.0696. The zero-order chi connectivity index (χ0) is 48.4. The molecule has 3 unspecified atom stereocenters. The van der Waals surface area contributed by atoms with Gasteiger partial charge in [0.25, 0.3) is 0 Å². The van der Waals surface area contributed by atoms with Crippen LogP contribution in [0.15, 0.2) is 85.1 Å². The van der Waals surface area contributed by atoms with Crippen molar-refractivity contribution in [2.24, 2.45) is 0 Å². The van der Waals surface area contributed by atoms with Crippen molar-refractivity contribution in [3.63, 3.8) is 0 Å². The highest BCUT2D eigenvalue weighted by Crippen LogP contribution is 2.43. The lowest BCUT2D eigenvalue weighted by Gasteiger charge is -2.21. The Morgan fingerprint density at radius 2 is 0.848 bits per heavy atom. The Kier molecular flexibility index (Phi) is 45.7. The van der Waals surface area contributed by atoms with E-state index in [-0.39, 0.29) is 25.9 Å². The molecule has 0 spiro atoms. The van der Waals surface area contributed by atoms with Crippen molar-refractivity contribution < 1.29 is 52.2 Å². The van der Waals surface area contributed by atoms with E-state index in [0.29, 0.717) is 19.3 Å². The number of esters is 3. The number of phosphoric ester groups is 1. The molecule has 0 aromatic carbocycles. The van der Waals surface area contributed by atoms with Crippen molar-refractivity contribution in [3.05, 3.63) is 85.1 Å². The van der Waals surface area contributed by atoms with E-state index in [4.69, 9.17) is 23.3 Å². The van der Waals surface area contributed by atoms with Crippen LogP contribution in [-0.2, 0) is 42.2 Å². The number of ether oxygens (including phenoxy) is 3. The van der Waals surface area contributed by atoms with Crippen molar-refractivity contribution in [2.45, 2.75) is 213 Å². The van der Waals surface area contributed by atoms with Crippen molar-refractivity contribution in [2.75, 3.05) is 26.4 Å². The highest BCUT2D eigenvalue weighted by atomic mass is 31.2. The zero-order valence-electron chi connectivity index (χ0n) is 41.4. The number of hydrogen-bond acceptors (Lipinski definition) is 10. The summed E-state index contributed by atoms with van der Waals surface area (Å²) in [6.07, 6.45) is 53.1. The molecule has 378 valence electrons. The van der Waals surface area contributed by atoms with Crippen LogP contribution in [0, 0.1) is 0 Å². The van der Waals surface area contributed by atoms with Crippen LogP contribution in [-0.4, -0.2) is 66.5 Å². The van der Waals surface area contributed by atoms with Gasteiger partial charge < -0.3 is 24.2 Å². The number of phosphoric acid groups is 1. The second-order valence-corrected chi connectivity index (χ2v) is 18.1. The first kappa shape index (κ1) is 62.7. The summed E-state index contributed by atoms with van der Waals surface area (Å²) in [6.45, 7) is 4.32. The van der Waals surface area contributed by atoms with E-state index in [9.17, 15) is 28.9 Å². The van der Waals surface area contributed by atoms with Crippen LogP contribution in [0.3, 0.4) is 0 Å². The third kappa shape index (κ3) is 45.8. The maximum atomic E-state index is 12.8. The highest BCUT2D eigenvalue weighted by molar-refractivity contribution is 7.47. The average molecular weight is 947 g/mol. The standard InChI is InChI=1S/C54H91O11P/c1-4-7-10-13-16-19-21-23-25-27-29-32-34-37-40-43-52(56)61-47-51(65-54(58)45-42-39-36-33-30-28-26-24-22-20-17-14-11-8-5-2)49-63-66(59,60)62-48-50(46-55)64-53(57)44-41-38-35-31-18-15-12-9-6-3/h8,11,16-17,19-20,23-26,30,33,39,42,50-51,55H,4-7,9-10,12-15,18,21-22,27-29,31-32,34-38,40-41,43-49H2,1-3H3,(H,59,60)/b11-8-,19-16-,20-17-,25-23-,26-24-,33-30-,42-39-. The third-order valence-electron chi connectivity index (χ3n) is 10.3. The van der Waals surface area contributed by atoms with Crippen molar-refractivity contribution >= 4 is 25.7 Å². The fourth-order valence-electron chi connectivity index (χ4n) is 6.46. The molecule has 0 saturated heterocycles. The number of carbonyl (C=O) groups is 3. The lowest BCUT2D eigenvalue weighted by Crippen LogP contribution is -2.30. The van der Waals surface area contributed by atoms with Gasteiger partial charge in [-0.05, 0) is 77.0 Å². The summed E-state index contributed by atoms with van der Waals surface area (Å²) in [4.78, 5) is 48.1. The second kappa shape index (κ2) is 48.1. The van der Waals surface area contributed by atoms with Gasteiger partial charge in [-0.15, -0.1) is 0 Å². The van der Waals surface area contributed by atoms with Gasteiger partial charge in [-0.2, -0.15) is 0 Å². The monoisotopic (exact) mass is 947 g/mol. The van der Waals surface area contributed by atoms with E-state index >= 15 is 0 Å². The lowest BCUT2D eigenvalue weighted by atomic mass is 10.1. The SMILES string of the molecule is CC/C=C\C/C=C\C/C=C\C/C=C\C/C=C\CC(=O)OC(COC(=O)CCCCCCC/C=C\C/C=C\CCCCC)COP(=O)(O)OCC(CO)OC(=O)CCCCCCCCCCC. The first-order valence-corrected chi connectivity index (χ1v) is 27.0. The molecule has 2 N–H and O–H groups in total. The van der Waals surface area contributed by atoms with Gasteiger partial charge in [-0.25, -0.2) is 4.57 Å². The van der Waals surface area contributed by atoms with E-state index in [1.54, 1.807) is 6.08 Å². The van der Waals surface area contributed by atoms with Crippen molar-refractivity contribution in [3.8, 4) is 0 Å². The van der Waals surface area contributed by atoms with Gasteiger partial charge in [0.1, 0.15) is 12.7 Å². The molecule has 0 aliphatic carbocycles. The van der Waals surface area contributed by atoms with Gasteiger partial charge >= 0.3 is 25.7 Å². The molecule has 0 aromatic heterocycles. The van der Waals surface area contributed by atoms with E-state index in [0.717, 1.165) is 89.9 Å². The molecule has 12 heteroatoms. The normalized spacial score (nSPS) is 14.2. The zero-order valence-corrected chi connectivity index (χ0v) is 42.3. The fourth-order valence-corrected chi connectivity index (χ4v) is 7.24. The first-order valence-electron chi connectivity index (χ1n) is 25.5. The fraction of sp³-hybridized carbons (Fsp3) is 0.685. The van der Waals surface area contributed by atoms with Crippen LogP contribution in [0.2, 0.25) is 0 Å². The molecule has 0 aliphatic rings. The smallest absolute Gasteiger partial charge is 0.462 e. The summed E-state index contributed by atoms with van der Waals surface area (Å²) < 4.78 is 39.1. The van der Waals surface area contributed by atoms with Crippen LogP contribution in [0.25, 0.3) is 0 Å². The molecule has 0 heterocycles. The summed E-state index contributed by atoms with van der Waals surface area (Å²) in [5.74, 6) is -1.64. The topological polar surface area (TPSA) is 155 Å². The Balaban J connectivity index is 4.91. The minimum atomic E-state index is -4.77. The Labute approximate surface area is 400 Å². The number of aliphatic hydroxyl groups excluding tert-OH is 1. The lowest BCUT2D eigenvalue weighted by molar-refractivity contribution is -0.160. The van der Waals surface area contributed by atoms with Crippen molar-refractivity contribution in [1.29, 1.82) is 0 Å². The van der Waals surface area contributed by atoms with Gasteiger partial charge in [0.15, 0.2) is 6.10 Å². The molecular weight excluding hydrogens is 856 g/mol. The molecule has 3 atom stereocenters. The molecule has 11 nitrogen and oxygen atoms in total. The maximum Gasteiger partial charge on any atom is 0.472 e. The summed E-state index contributed by atoms with van der Waals surface area (Å²) in [5, 5.41) is 9.73. The number of carbonyl (C=O) groups excluding carboxylic acids is 3. The molecule has 0 radical (unpaired) electrons. The quantitative estimate of drug-likeness (QED) is 0.0197. The summed E-state index contributed by atoms with van der Waals surface area (Å²) in [6, 6.07) is 0. The van der Waals surface area contributed by atoms with Crippen LogP contribution >= 0.6 is 7.82 Å². The summed E-state index contributed by atoms with van der Waals surface area (Å²) in [5.41, 5.74) is 0. The van der Waals surface area contributed by atoms with Crippen LogP contribution in [0.4, 0.5) is 0 Å². The predicted octanol–water partition coefficient (Wildman–Crippen LogP) is 14.4. The average Bonchev–Trinajstić information content (AvgIpc) is 3.30. The molecule has 0 saturated carbocycles.